The number of alkyl halides is 1. The molecule has 0 bridgehead atoms. The highest BCUT2D eigenvalue weighted by Gasteiger charge is 2.04. The number of halogens is 1. The second-order valence-electron chi connectivity index (χ2n) is 3.47. The van der Waals surface area contributed by atoms with Crippen LogP contribution in [0.2, 0.25) is 0 Å². The summed E-state index contributed by atoms with van der Waals surface area (Å²) in [5.41, 5.74) is 1.17. The maximum absolute atomic E-state index is 11.3. The zero-order chi connectivity index (χ0) is 11.4. The van der Waals surface area contributed by atoms with Gasteiger partial charge in [-0.1, -0.05) is 18.2 Å². The minimum Gasteiger partial charge on any atom is -0.352 e. The van der Waals surface area contributed by atoms with Crippen LogP contribution >= 0.6 is 22.9 Å². The number of rotatable bonds is 4. The number of benzene rings is 1. The summed E-state index contributed by atoms with van der Waals surface area (Å²) in [6.07, 6.45) is 0.379. The van der Waals surface area contributed by atoms with Crippen LogP contribution in [0, 0.1) is 0 Å². The van der Waals surface area contributed by atoms with Gasteiger partial charge in [-0.25, -0.2) is 0 Å². The molecule has 0 saturated carbocycles. The number of hydrogen-bond acceptors (Lipinski definition) is 2. The molecule has 0 unspecified atom stereocenters. The largest absolute Gasteiger partial charge is 0.352 e. The summed E-state index contributed by atoms with van der Waals surface area (Å²) in [7, 11) is 0. The zero-order valence-electron chi connectivity index (χ0n) is 8.70. The predicted octanol–water partition coefficient (Wildman–Crippen LogP) is 3.15. The lowest BCUT2D eigenvalue weighted by Gasteiger charge is -2.02. The summed E-state index contributed by atoms with van der Waals surface area (Å²) in [6.45, 7) is 0.583. The third-order valence-corrected chi connectivity index (χ3v) is 3.56. The molecule has 1 heterocycles. The zero-order valence-corrected chi connectivity index (χ0v) is 10.3. The molecule has 2 rings (SSSR count). The first-order chi connectivity index (χ1) is 7.81. The fraction of sp³-hybridized carbons (Fsp3) is 0.250. The molecule has 1 amide bonds. The molecule has 0 atom stereocenters. The predicted molar refractivity (Wildman–Crippen MR) is 69.0 cm³/mol. The van der Waals surface area contributed by atoms with Gasteiger partial charge in [-0.3, -0.25) is 4.79 Å². The van der Waals surface area contributed by atoms with Crippen molar-refractivity contribution in [1.29, 1.82) is 0 Å². The minimum absolute atomic E-state index is 0.00489. The van der Waals surface area contributed by atoms with Gasteiger partial charge >= 0.3 is 0 Å². The summed E-state index contributed by atoms with van der Waals surface area (Å²) >= 11 is 7.19. The second-order valence-corrected chi connectivity index (χ2v) is 4.76. The molecular formula is C12H12ClNOS. The average molecular weight is 254 g/mol. The Morgan fingerprint density at radius 3 is 3.00 bits per heavy atom. The van der Waals surface area contributed by atoms with E-state index in [1.54, 1.807) is 11.3 Å². The van der Waals surface area contributed by atoms with E-state index in [4.69, 9.17) is 11.6 Å². The fourth-order valence-electron chi connectivity index (χ4n) is 1.54. The van der Waals surface area contributed by atoms with E-state index < -0.39 is 0 Å². The second kappa shape index (κ2) is 5.32. The van der Waals surface area contributed by atoms with Gasteiger partial charge in [0.15, 0.2) is 0 Å². The van der Waals surface area contributed by atoms with Crippen molar-refractivity contribution in [2.24, 2.45) is 0 Å². The molecule has 1 aromatic heterocycles. The van der Waals surface area contributed by atoms with Gasteiger partial charge in [-0.15, -0.1) is 22.9 Å². The highest BCUT2D eigenvalue weighted by molar-refractivity contribution is 7.17. The highest BCUT2D eigenvalue weighted by atomic mass is 35.5. The molecular weight excluding hydrogens is 242 g/mol. The lowest BCUT2D eigenvalue weighted by atomic mass is 10.2. The van der Waals surface area contributed by atoms with Crippen LogP contribution in [0.5, 0.6) is 0 Å². The molecule has 0 radical (unpaired) electrons. The van der Waals surface area contributed by atoms with E-state index >= 15 is 0 Å². The summed E-state index contributed by atoms with van der Waals surface area (Å²) in [5, 5.41) is 6.17. The number of fused-ring (bicyclic) bond motifs is 1. The third-order valence-electron chi connectivity index (χ3n) is 2.36. The molecule has 0 saturated heterocycles. The number of thiophene rings is 1. The van der Waals surface area contributed by atoms with Crippen molar-refractivity contribution >= 4 is 38.9 Å². The molecule has 4 heteroatoms. The summed E-state index contributed by atoms with van der Waals surface area (Å²) in [4.78, 5) is 11.3. The van der Waals surface area contributed by atoms with Crippen molar-refractivity contribution in [2.45, 2.75) is 13.0 Å². The molecule has 1 aromatic carbocycles. The molecule has 0 aliphatic carbocycles. The lowest BCUT2D eigenvalue weighted by molar-refractivity contribution is -0.120. The standard InChI is InChI=1S/C12H12ClNOS/c13-6-5-12(15)14-7-9-8-16-11-4-2-1-3-10(9)11/h1-4,8H,5-7H2,(H,14,15). The van der Waals surface area contributed by atoms with Crippen molar-refractivity contribution in [3.05, 3.63) is 35.2 Å². The normalized spacial score (nSPS) is 10.6. The van der Waals surface area contributed by atoms with Gasteiger partial charge in [0.1, 0.15) is 0 Å². The van der Waals surface area contributed by atoms with Gasteiger partial charge in [0, 0.05) is 23.5 Å². The Morgan fingerprint density at radius 2 is 2.19 bits per heavy atom. The van der Waals surface area contributed by atoms with Gasteiger partial charge in [0.2, 0.25) is 5.91 Å². The van der Waals surface area contributed by atoms with Crippen molar-refractivity contribution in [1.82, 2.24) is 5.32 Å². The summed E-state index contributed by atoms with van der Waals surface area (Å²) in [5.74, 6) is 0.376. The van der Waals surface area contributed by atoms with E-state index in [0.29, 0.717) is 18.8 Å². The smallest absolute Gasteiger partial charge is 0.221 e. The van der Waals surface area contributed by atoms with E-state index in [1.165, 1.54) is 15.6 Å². The Hall–Kier alpha value is -1.06. The minimum atomic E-state index is 0.00489. The number of carbonyl (C=O) groups excluding carboxylic acids is 1. The van der Waals surface area contributed by atoms with Gasteiger partial charge < -0.3 is 5.32 Å². The number of amides is 1. The first-order valence-electron chi connectivity index (χ1n) is 5.09. The number of hydrogen-bond donors (Lipinski definition) is 1. The van der Waals surface area contributed by atoms with Crippen molar-refractivity contribution in [3.8, 4) is 0 Å². The van der Waals surface area contributed by atoms with E-state index in [2.05, 4.69) is 22.8 Å². The Labute approximate surface area is 103 Å². The van der Waals surface area contributed by atoms with Gasteiger partial charge in [-0.2, -0.15) is 0 Å². The van der Waals surface area contributed by atoms with Crippen LogP contribution in [0.15, 0.2) is 29.6 Å². The molecule has 0 aliphatic rings. The van der Waals surface area contributed by atoms with Crippen molar-refractivity contribution < 1.29 is 4.79 Å². The number of nitrogens with one attached hydrogen (secondary N) is 1. The molecule has 1 N–H and O–H groups in total. The van der Waals surface area contributed by atoms with Gasteiger partial charge in [0.25, 0.3) is 0 Å². The van der Waals surface area contributed by atoms with Crippen LogP contribution in [0.25, 0.3) is 10.1 Å². The van der Waals surface area contributed by atoms with Crippen LogP contribution in [0.3, 0.4) is 0 Å². The fourth-order valence-corrected chi connectivity index (χ4v) is 2.67. The van der Waals surface area contributed by atoms with E-state index in [-0.39, 0.29) is 5.91 Å². The van der Waals surface area contributed by atoms with Crippen molar-refractivity contribution in [3.63, 3.8) is 0 Å². The summed E-state index contributed by atoms with van der Waals surface area (Å²) < 4.78 is 1.25. The monoisotopic (exact) mass is 253 g/mol. The van der Waals surface area contributed by atoms with Crippen molar-refractivity contribution in [2.75, 3.05) is 5.88 Å². The molecule has 84 valence electrons. The van der Waals surface area contributed by atoms with E-state index in [1.807, 2.05) is 12.1 Å². The Morgan fingerprint density at radius 1 is 1.38 bits per heavy atom. The summed E-state index contributed by atoms with van der Waals surface area (Å²) in [6, 6.07) is 8.20. The Kier molecular flexibility index (Phi) is 3.80. The quantitative estimate of drug-likeness (QED) is 0.834. The van der Waals surface area contributed by atoms with Gasteiger partial charge in [0.05, 0.1) is 0 Å². The van der Waals surface area contributed by atoms with Crippen LogP contribution in [-0.4, -0.2) is 11.8 Å². The third kappa shape index (κ3) is 2.54. The molecule has 0 fully saturated rings. The maximum atomic E-state index is 11.3. The van der Waals surface area contributed by atoms with E-state index in [9.17, 15) is 4.79 Å². The van der Waals surface area contributed by atoms with Crippen LogP contribution in [0.4, 0.5) is 0 Å². The maximum Gasteiger partial charge on any atom is 0.221 e. The topological polar surface area (TPSA) is 29.1 Å². The SMILES string of the molecule is O=C(CCCl)NCc1csc2ccccc12. The van der Waals surface area contributed by atoms with Crippen LogP contribution < -0.4 is 5.32 Å². The van der Waals surface area contributed by atoms with Crippen LogP contribution in [0.1, 0.15) is 12.0 Å². The molecule has 0 aliphatic heterocycles. The first-order valence-corrected chi connectivity index (χ1v) is 6.50. The molecule has 2 aromatic rings. The van der Waals surface area contributed by atoms with Crippen LogP contribution in [-0.2, 0) is 11.3 Å². The Balaban J connectivity index is 2.07. The molecule has 16 heavy (non-hydrogen) atoms. The first kappa shape index (κ1) is 11.4. The Bertz CT molecular complexity index is 494. The lowest BCUT2D eigenvalue weighted by Crippen LogP contribution is -2.22. The average Bonchev–Trinajstić information content (AvgIpc) is 2.70. The highest BCUT2D eigenvalue weighted by Crippen LogP contribution is 2.25. The van der Waals surface area contributed by atoms with E-state index in [0.717, 1.165) is 0 Å². The molecule has 0 spiro atoms. The number of carbonyl (C=O) groups is 1. The molecule has 2 nitrogen and oxygen atoms in total. The van der Waals surface area contributed by atoms with Gasteiger partial charge in [-0.05, 0) is 22.4 Å².